The molecule has 144 valence electrons. The number of aromatic nitrogens is 1. The smallest absolute Gasteiger partial charge is 0.255 e. The molecule has 1 aromatic heterocycles. The Kier molecular flexibility index (Phi) is 6.55. The molecule has 4 nitrogen and oxygen atoms in total. The molecule has 1 amide bonds. The lowest BCUT2D eigenvalue weighted by molar-refractivity contribution is 0.0951. The average molecular weight is 415 g/mol. The zero-order valence-corrected chi connectivity index (χ0v) is 17.1. The van der Waals surface area contributed by atoms with E-state index in [0.717, 1.165) is 16.8 Å². The third-order valence-electron chi connectivity index (χ3n) is 4.16. The lowest BCUT2D eigenvalue weighted by Gasteiger charge is -2.12. The van der Waals surface area contributed by atoms with Gasteiger partial charge in [0.25, 0.3) is 5.91 Å². The number of aryl methyl sites for hydroxylation is 2. The molecule has 0 fully saturated rings. The van der Waals surface area contributed by atoms with E-state index in [1.807, 2.05) is 44.2 Å². The van der Waals surface area contributed by atoms with E-state index in [0.29, 0.717) is 40.1 Å². The zero-order chi connectivity index (χ0) is 20.1. The van der Waals surface area contributed by atoms with Gasteiger partial charge in [-0.15, -0.1) is 0 Å². The van der Waals surface area contributed by atoms with Gasteiger partial charge in [0, 0.05) is 22.3 Å². The van der Waals surface area contributed by atoms with Gasteiger partial charge in [-0.2, -0.15) is 0 Å². The molecule has 2 aromatic carbocycles. The van der Waals surface area contributed by atoms with Crippen LogP contribution in [0.25, 0.3) is 0 Å². The number of amides is 1. The van der Waals surface area contributed by atoms with Gasteiger partial charge in [-0.25, -0.2) is 0 Å². The molecular weight excluding hydrogens is 395 g/mol. The van der Waals surface area contributed by atoms with Crippen LogP contribution in [-0.2, 0) is 6.42 Å². The summed E-state index contributed by atoms with van der Waals surface area (Å²) < 4.78 is 5.90. The fourth-order valence-electron chi connectivity index (χ4n) is 2.74. The molecule has 0 unspecified atom stereocenters. The van der Waals surface area contributed by atoms with Crippen molar-refractivity contribution >= 4 is 29.1 Å². The Hall–Kier alpha value is -2.56. The van der Waals surface area contributed by atoms with Crippen LogP contribution in [0.1, 0.15) is 27.2 Å². The summed E-state index contributed by atoms with van der Waals surface area (Å²) in [6, 6.07) is 14.7. The summed E-state index contributed by atoms with van der Waals surface area (Å²) in [6.45, 7) is 4.25. The van der Waals surface area contributed by atoms with Crippen LogP contribution >= 0.6 is 23.2 Å². The molecule has 28 heavy (non-hydrogen) atoms. The molecule has 0 aliphatic carbocycles. The van der Waals surface area contributed by atoms with Crippen molar-refractivity contribution in [2.24, 2.45) is 0 Å². The average Bonchev–Trinajstić information content (AvgIpc) is 2.65. The van der Waals surface area contributed by atoms with Gasteiger partial charge in [-0.3, -0.25) is 9.78 Å². The number of benzene rings is 2. The first-order valence-corrected chi connectivity index (χ1v) is 9.61. The molecule has 3 rings (SSSR count). The molecule has 0 atom stereocenters. The predicted molar refractivity (Wildman–Crippen MR) is 113 cm³/mol. The van der Waals surface area contributed by atoms with Crippen molar-refractivity contribution in [2.75, 3.05) is 6.54 Å². The highest BCUT2D eigenvalue weighted by Gasteiger charge is 2.15. The Balaban J connectivity index is 1.71. The van der Waals surface area contributed by atoms with Gasteiger partial charge in [0.15, 0.2) is 5.75 Å². The van der Waals surface area contributed by atoms with E-state index in [1.165, 1.54) is 0 Å². The number of hydrogen-bond acceptors (Lipinski definition) is 3. The van der Waals surface area contributed by atoms with Crippen molar-refractivity contribution < 1.29 is 9.53 Å². The largest absolute Gasteiger partial charge is 0.455 e. The monoisotopic (exact) mass is 414 g/mol. The van der Waals surface area contributed by atoms with E-state index in [4.69, 9.17) is 27.9 Å². The van der Waals surface area contributed by atoms with Crippen molar-refractivity contribution in [3.8, 4) is 11.5 Å². The second kappa shape index (κ2) is 9.09. The molecule has 0 radical (unpaired) electrons. The van der Waals surface area contributed by atoms with Gasteiger partial charge in [0.05, 0.1) is 11.8 Å². The van der Waals surface area contributed by atoms with Crippen molar-refractivity contribution in [3.63, 3.8) is 0 Å². The van der Waals surface area contributed by atoms with Crippen molar-refractivity contribution in [1.29, 1.82) is 0 Å². The molecule has 3 aromatic rings. The third-order valence-corrected chi connectivity index (χ3v) is 4.75. The molecule has 0 saturated heterocycles. The molecule has 1 N–H and O–H groups in total. The van der Waals surface area contributed by atoms with Crippen LogP contribution in [0, 0.1) is 13.8 Å². The van der Waals surface area contributed by atoms with Gasteiger partial charge in [-0.1, -0.05) is 41.4 Å². The Morgan fingerprint density at radius 1 is 1.11 bits per heavy atom. The quantitative estimate of drug-likeness (QED) is 0.556. The van der Waals surface area contributed by atoms with E-state index >= 15 is 0 Å². The highest BCUT2D eigenvalue weighted by atomic mass is 35.5. The van der Waals surface area contributed by atoms with E-state index < -0.39 is 0 Å². The van der Waals surface area contributed by atoms with E-state index in [2.05, 4.69) is 10.3 Å². The number of rotatable bonds is 6. The lowest BCUT2D eigenvalue weighted by atomic mass is 10.1. The van der Waals surface area contributed by atoms with Crippen LogP contribution in [0.4, 0.5) is 0 Å². The first-order chi connectivity index (χ1) is 13.4. The Morgan fingerprint density at radius 2 is 1.93 bits per heavy atom. The summed E-state index contributed by atoms with van der Waals surface area (Å²) >= 11 is 12.1. The maximum absolute atomic E-state index is 12.7. The maximum atomic E-state index is 12.7. The number of ether oxygens (including phenoxy) is 1. The second-order valence-electron chi connectivity index (χ2n) is 6.48. The third kappa shape index (κ3) is 5.24. The lowest BCUT2D eigenvalue weighted by Crippen LogP contribution is -2.26. The van der Waals surface area contributed by atoms with Crippen LogP contribution in [0.5, 0.6) is 11.5 Å². The van der Waals surface area contributed by atoms with Gasteiger partial charge in [-0.05, 0) is 61.7 Å². The minimum Gasteiger partial charge on any atom is -0.455 e. The molecule has 0 spiro atoms. The Labute approximate surface area is 174 Å². The van der Waals surface area contributed by atoms with Gasteiger partial charge >= 0.3 is 0 Å². The summed E-state index contributed by atoms with van der Waals surface area (Å²) in [7, 11) is 0. The standard InChI is InChI=1S/C22H20Cl2N2O2/c1-14-4-3-5-18(10-14)28-21-13-26-15(2)11-19(21)22(27)25-9-8-16-6-7-17(23)12-20(16)24/h3-7,10-13H,8-9H2,1-2H3,(H,25,27). The molecular formula is C22H20Cl2N2O2. The van der Waals surface area contributed by atoms with Crippen LogP contribution in [-0.4, -0.2) is 17.4 Å². The molecule has 1 heterocycles. The zero-order valence-electron chi connectivity index (χ0n) is 15.6. The number of carbonyl (C=O) groups excluding carboxylic acids is 1. The van der Waals surface area contributed by atoms with Crippen molar-refractivity contribution in [3.05, 3.63) is 87.2 Å². The minimum atomic E-state index is -0.224. The van der Waals surface area contributed by atoms with Gasteiger partial charge < -0.3 is 10.1 Å². The summed E-state index contributed by atoms with van der Waals surface area (Å²) in [6.07, 6.45) is 2.17. The molecule has 0 aliphatic rings. The maximum Gasteiger partial charge on any atom is 0.255 e. The highest BCUT2D eigenvalue weighted by Crippen LogP contribution is 2.26. The number of nitrogens with zero attached hydrogens (tertiary/aromatic N) is 1. The molecule has 0 saturated carbocycles. The van der Waals surface area contributed by atoms with Crippen LogP contribution in [0.2, 0.25) is 10.0 Å². The summed E-state index contributed by atoms with van der Waals surface area (Å²) in [4.78, 5) is 17.0. The van der Waals surface area contributed by atoms with Crippen molar-refractivity contribution in [1.82, 2.24) is 10.3 Å². The van der Waals surface area contributed by atoms with Gasteiger partial charge in [0.1, 0.15) is 5.75 Å². The Bertz CT molecular complexity index is 1010. The van der Waals surface area contributed by atoms with Crippen LogP contribution in [0.3, 0.4) is 0 Å². The molecule has 6 heteroatoms. The van der Waals surface area contributed by atoms with Crippen LogP contribution in [0.15, 0.2) is 54.7 Å². The first-order valence-electron chi connectivity index (χ1n) is 8.85. The van der Waals surface area contributed by atoms with E-state index in [-0.39, 0.29) is 5.91 Å². The normalized spacial score (nSPS) is 10.6. The fraction of sp³-hybridized carbons (Fsp3) is 0.182. The fourth-order valence-corrected chi connectivity index (χ4v) is 3.25. The predicted octanol–water partition coefficient (Wildman–Crippen LogP) is 5.77. The highest BCUT2D eigenvalue weighted by molar-refractivity contribution is 6.35. The second-order valence-corrected chi connectivity index (χ2v) is 7.33. The summed E-state index contributed by atoms with van der Waals surface area (Å²) in [5.41, 5.74) is 3.18. The van der Waals surface area contributed by atoms with E-state index in [9.17, 15) is 4.79 Å². The van der Waals surface area contributed by atoms with Gasteiger partial charge in [0.2, 0.25) is 0 Å². The molecule has 0 bridgehead atoms. The number of halogens is 2. The topological polar surface area (TPSA) is 51.2 Å². The summed E-state index contributed by atoms with van der Waals surface area (Å²) in [5.74, 6) is 0.851. The number of hydrogen-bond donors (Lipinski definition) is 1. The number of nitrogens with one attached hydrogen (secondary N) is 1. The first kappa shape index (κ1) is 20.2. The summed E-state index contributed by atoms with van der Waals surface area (Å²) in [5, 5.41) is 4.09. The number of carbonyl (C=O) groups is 1. The number of pyridine rings is 1. The molecule has 0 aliphatic heterocycles. The van der Waals surface area contributed by atoms with E-state index in [1.54, 1.807) is 24.4 Å². The Morgan fingerprint density at radius 3 is 2.68 bits per heavy atom. The van der Waals surface area contributed by atoms with Crippen molar-refractivity contribution in [2.45, 2.75) is 20.3 Å². The van der Waals surface area contributed by atoms with Crippen LogP contribution < -0.4 is 10.1 Å². The SMILES string of the molecule is Cc1cccc(Oc2cnc(C)cc2C(=O)NCCc2ccc(Cl)cc2Cl)c1. The minimum absolute atomic E-state index is 0.224.